The molecule has 3 aromatic rings. The first-order chi connectivity index (χ1) is 11.7. The quantitative estimate of drug-likeness (QED) is 0.697. The molecule has 3 rings (SSSR count). The third-order valence-electron chi connectivity index (χ3n) is 3.66. The normalized spacial score (nSPS) is 10.9. The van der Waals surface area contributed by atoms with Crippen LogP contribution in [0.2, 0.25) is 0 Å². The Balaban J connectivity index is 1.85. The van der Waals surface area contributed by atoms with Crippen molar-refractivity contribution in [3.8, 4) is 0 Å². The number of hydrogen-bond donors (Lipinski definition) is 0. The van der Waals surface area contributed by atoms with Crippen LogP contribution in [-0.4, -0.2) is 41.0 Å². The smallest absolute Gasteiger partial charge is 0.290 e. The Hall–Kier alpha value is -2.73. The molecule has 0 aliphatic heterocycles. The molecule has 0 fully saturated rings. The number of ether oxygens (including phenoxy) is 1. The van der Waals surface area contributed by atoms with Gasteiger partial charge in [0.25, 0.3) is 5.91 Å². The molecule has 124 valence electrons. The fraction of sp³-hybridized carbons (Fsp3) is 0.278. The van der Waals surface area contributed by atoms with Gasteiger partial charge in [0.1, 0.15) is 5.52 Å². The first-order valence-corrected chi connectivity index (χ1v) is 7.72. The average molecular weight is 325 g/mol. The molecule has 0 aliphatic rings. The summed E-state index contributed by atoms with van der Waals surface area (Å²) < 4.78 is 10.8. The van der Waals surface area contributed by atoms with Gasteiger partial charge in [0.2, 0.25) is 0 Å². The largest absolute Gasteiger partial charge is 0.449 e. The Kier molecular flexibility index (Phi) is 4.86. The Labute approximate surface area is 140 Å². The molecule has 0 N–H and O–H groups in total. The third kappa shape index (κ3) is 3.60. The van der Waals surface area contributed by atoms with E-state index in [0.717, 1.165) is 11.4 Å². The van der Waals surface area contributed by atoms with Crippen LogP contribution >= 0.6 is 0 Å². The van der Waals surface area contributed by atoms with Gasteiger partial charge in [0.15, 0.2) is 11.3 Å². The molecule has 1 amide bonds. The van der Waals surface area contributed by atoms with Gasteiger partial charge in [-0.05, 0) is 31.2 Å². The summed E-state index contributed by atoms with van der Waals surface area (Å²) in [5.74, 6) is 0.0727. The summed E-state index contributed by atoms with van der Waals surface area (Å²) in [7, 11) is 1.61. The van der Waals surface area contributed by atoms with Gasteiger partial charge in [-0.25, -0.2) is 4.98 Å². The van der Waals surface area contributed by atoms with Crippen LogP contribution < -0.4 is 0 Å². The van der Waals surface area contributed by atoms with Crippen molar-refractivity contribution in [1.82, 2.24) is 14.9 Å². The monoisotopic (exact) mass is 325 g/mol. The topological polar surface area (TPSA) is 68.5 Å². The van der Waals surface area contributed by atoms with Crippen LogP contribution in [0.4, 0.5) is 0 Å². The highest BCUT2D eigenvalue weighted by Gasteiger charge is 2.21. The Bertz CT molecular complexity index is 830. The molecule has 0 spiro atoms. The van der Waals surface area contributed by atoms with Crippen LogP contribution in [0, 0.1) is 6.92 Å². The number of amides is 1. The number of fused-ring (bicyclic) bond motifs is 1. The van der Waals surface area contributed by atoms with Gasteiger partial charge in [-0.1, -0.05) is 6.07 Å². The van der Waals surface area contributed by atoms with Gasteiger partial charge in [0, 0.05) is 31.6 Å². The van der Waals surface area contributed by atoms with Crippen molar-refractivity contribution >= 4 is 17.0 Å². The zero-order valence-electron chi connectivity index (χ0n) is 13.7. The summed E-state index contributed by atoms with van der Waals surface area (Å²) in [6.07, 6.45) is 1.71. The van der Waals surface area contributed by atoms with Crippen LogP contribution in [0.1, 0.15) is 21.9 Å². The van der Waals surface area contributed by atoms with Gasteiger partial charge in [-0.2, -0.15) is 0 Å². The van der Waals surface area contributed by atoms with Crippen LogP contribution in [0.15, 0.2) is 47.0 Å². The molecule has 6 heteroatoms. The van der Waals surface area contributed by atoms with Gasteiger partial charge >= 0.3 is 0 Å². The van der Waals surface area contributed by atoms with E-state index in [-0.39, 0.29) is 11.7 Å². The van der Waals surface area contributed by atoms with E-state index in [9.17, 15) is 4.79 Å². The predicted molar refractivity (Wildman–Crippen MR) is 89.6 cm³/mol. The van der Waals surface area contributed by atoms with Crippen molar-refractivity contribution in [2.45, 2.75) is 13.5 Å². The fourth-order valence-electron chi connectivity index (χ4n) is 2.43. The molecule has 0 aromatic carbocycles. The predicted octanol–water partition coefficient (Wildman–Crippen LogP) is 2.82. The number of nitrogens with zero attached hydrogens (tertiary/aromatic N) is 3. The number of carbonyl (C=O) groups is 1. The fourth-order valence-corrected chi connectivity index (χ4v) is 2.43. The Morgan fingerprint density at radius 2 is 2.17 bits per heavy atom. The first-order valence-electron chi connectivity index (χ1n) is 7.72. The second kappa shape index (κ2) is 7.23. The lowest BCUT2D eigenvalue weighted by Crippen LogP contribution is -2.33. The second-order valence-electron chi connectivity index (χ2n) is 5.49. The maximum absolute atomic E-state index is 12.8. The third-order valence-corrected chi connectivity index (χ3v) is 3.66. The van der Waals surface area contributed by atoms with Gasteiger partial charge in [-0.3, -0.25) is 9.78 Å². The van der Waals surface area contributed by atoms with Gasteiger partial charge < -0.3 is 14.1 Å². The summed E-state index contributed by atoms with van der Waals surface area (Å²) in [5.41, 5.74) is 2.98. The van der Waals surface area contributed by atoms with Crippen LogP contribution in [0.3, 0.4) is 0 Å². The van der Waals surface area contributed by atoms with Crippen LogP contribution in [0.5, 0.6) is 0 Å². The summed E-state index contributed by atoms with van der Waals surface area (Å²) in [4.78, 5) is 23.2. The number of methoxy groups -OCH3 is 1. The lowest BCUT2D eigenvalue weighted by Gasteiger charge is -2.20. The van der Waals surface area contributed by atoms with E-state index in [2.05, 4.69) is 9.97 Å². The average Bonchev–Trinajstić information content (AvgIpc) is 3.02. The van der Waals surface area contributed by atoms with E-state index >= 15 is 0 Å². The maximum Gasteiger partial charge on any atom is 0.290 e. The highest BCUT2D eigenvalue weighted by molar-refractivity contribution is 5.95. The summed E-state index contributed by atoms with van der Waals surface area (Å²) in [6.45, 7) is 3.19. The van der Waals surface area contributed by atoms with E-state index in [1.54, 1.807) is 24.3 Å². The number of carbonyl (C=O) groups excluding carboxylic acids is 1. The molecule has 3 heterocycles. The molecule has 0 saturated carbocycles. The highest BCUT2D eigenvalue weighted by Crippen LogP contribution is 2.20. The Morgan fingerprint density at radius 3 is 2.92 bits per heavy atom. The first kappa shape index (κ1) is 16.1. The lowest BCUT2D eigenvalue weighted by atomic mass is 10.3. The molecule has 0 bridgehead atoms. The van der Waals surface area contributed by atoms with Crippen molar-refractivity contribution in [3.05, 3.63) is 59.7 Å². The van der Waals surface area contributed by atoms with E-state index in [1.165, 1.54) is 0 Å². The highest BCUT2D eigenvalue weighted by atomic mass is 16.5. The SMILES string of the molecule is COCCN(Cc1ccccn1)C(=O)c1cc2nc(C)ccc2o1. The van der Waals surface area contributed by atoms with Crippen LogP contribution in [-0.2, 0) is 11.3 Å². The molecular formula is C18H19N3O3. The van der Waals surface area contributed by atoms with Crippen LogP contribution in [0.25, 0.3) is 11.1 Å². The number of rotatable bonds is 6. The van der Waals surface area contributed by atoms with Crippen molar-refractivity contribution in [2.75, 3.05) is 20.3 Å². The molecule has 0 saturated heterocycles. The number of aromatic nitrogens is 2. The second-order valence-corrected chi connectivity index (χ2v) is 5.49. The summed E-state index contributed by atoms with van der Waals surface area (Å²) >= 11 is 0. The lowest BCUT2D eigenvalue weighted by molar-refractivity contribution is 0.0649. The number of aryl methyl sites for hydroxylation is 1. The van der Waals surface area contributed by atoms with Crippen molar-refractivity contribution in [3.63, 3.8) is 0 Å². The van der Waals surface area contributed by atoms with E-state index < -0.39 is 0 Å². The minimum Gasteiger partial charge on any atom is -0.449 e. The number of furan rings is 1. The standard InChI is InChI=1S/C18H19N3O3/c1-13-6-7-16-15(20-13)11-17(24-16)18(22)21(9-10-23-2)12-14-5-3-4-8-19-14/h3-8,11H,9-10,12H2,1-2H3. The van der Waals surface area contributed by atoms with E-state index in [4.69, 9.17) is 9.15 Å². The molecule has 3 aromatic heterocycles. The molecule has 0 radical (unpaired) electrons. The minimum atomic E-state index is -0.201. The maximum atomic E-state index is 12.8. The zero-order valence-corrected chi connectivity index (χ0v) is 13.7. The molecule has 0 unspecified atom stereocenters. The Morgan fingerprint density at radius 1 is 1.29 bits per heavy atom. The summed E-state index contributed by atoms with van der Waals surface area (Å²) in [6, 6.07) is 11.0. The van der Waals surface area contributed by atoms with Crippen molar-refractivity contribution in [1.29, 1.82) is 0 Å². The van der Waals surface area contributed by atoms with E-state index in [1.807, 2.05) is 37.3 Å². The molecule has 0 aliphatic carbocycles. The van der Waals surface area contributed by atoms with Gasteiger partial charge in [0.05, 0.1) is 18.8 Å². The number of pyridine rings is 2. The van der Waals surface area contributed by atoms with Crippen molar-refractivity contribution in [2.24, 2.45) is 0 Å². The molecule has 24 heavy (non-hydrogen) atoms. The van der Waals surface area contributed by atoms with Crippen molar-refractivity contribution < 1.29 is 13.9 Å². The number of hydrogen-bond acceptors (Lipinski definition) is 5. The van der Waals surface area contributed by atoms with E-state index in [0.29, 0.717) is 30.8 Å². The zero-order chi connectivity index (χ0) is 16.9. The molecule has 6 nitrogen and oxygen atoms in total. The summed E-state index contributed by atoms with van der Waals surface area (Å²) in [5, 5.41) is 0. The minimum absolute atomic E-state index is 0.201. The van der Waals surface area contributed by atoms with Gasteiger partial charge in [-0.15, -0.1) is 0 Å². The molecule has 0 atom stereocenters. The molecular weight excluding hydrogens is 306 g/mol.